The van der Waals surface area contributed by atoms with Crippen LogP contribution in [0.4, 0.5) is 0 Å². The second kappa shape index (κ2) is 19.2. The Labute approximate surface area is 368 Å². The van der Waals surface area contributed by atoms with Crippen LogP contribution in [-0.2, 0) is 33.2 Å². The summed E-state index contributed by atoms with van der Waals surface area (Å²) in [5.41, 5.74) is -8.24. The molecule has 15 atom stereocenters. The van der Waals surface area contributed by atoms with Gasteiger partial charge in [-0.3, -0.25) is 4.79 Å². The molecule has 0 amide bonds. The summed E-state index contributed by atoms with van der Waals surface area (Å²) in [6.07, 6.45) is 11.6. The molecule has 1 aromatic carbocycles. The van der Waals surface area contributed by atoms with Crippen molar-refractivity contribution in [1.82, 2.24) is 4.90 Å². The third-order valence-corrected chi connectivity index (χ3v) is 16.6. The van der Waals surface area contributed by atoms with Gasteiger partial charge in [-0.1, -0.05) is 88.6 Å². The maximum absolute atomic E-state index is 14.5. The zero-order valence-corrected chi connectivity index (χ0v) is 38.0. The molecular weight excluding hydrogens is 795 g/mol. The fraction of sp³-hybridized carbons (Fsp3) is 0.796. The summed E-state index contributed by atoms with van der Waals surface area (Å²) in [4.78, 5) is 30.7. The van der Waals surface area contributed by atoms with Gasteiger partial charge in [0.1, 0.15) is 23.9 Å². The Morgan fingerprint density at radius 3 is 2.08 bits per heavy atom. The third-order valence-electron chi connectivity index (χ3n) is 16.6. The second-order valence-corrected chi connectivity index (χ2v) is 19.7. The largest absolute Gasteiger partial charge is 0.455 e. The molecule has 1 heterocycles. The molecule has 1 unspecified atom stereocenters. The van der Waals surface area contributed by atoms with Crippen molar-refractivity contribution >= 4 is 11.9 Å². The van der Waals surface area contributed by atoms with Gasteiger partial charge in [-0.2, -0.15) is 0 Å². The quantitative estimate of drug-likeness (QED) is 0.0627. The van der Waals surface area contributed by atoms with Crippen LogP contribution < -0.4 is 0 Å². The summed E-state index contributed by atoms with van der Waals surface area (Å²) in [6, 6.07) is 7.74. The molecule has 1 aromatic rings. The van der Waals surface area contributed by atoms with E-state index in [2.05, 4.69) is 24.0 Å². The number of piperidine rings is 1. The van der Waals surface area contributed by atoms with Gasteiger partial charge >= 0.3 is 11.9 Å². The molecule has 7 rings (SSSR count). The van der Waals surface area contributed by atoms with E-state index in [-0.39, 0.29) is 25.0 Å². The lowest BCUT2D eigenvalue weighted by molar-refractivity contribution is -0.353. The first-order valence-corrected chi connectivity index (χ1v) is 23.6. The van der Waals surface area contributed by atoms with Gasteiger partial charge in [-0.25, -0.2) is 4.79 Å². The van der Waals surface area contributed by atoms with Crippen molar-refractivity contribution in [2.45, 2.75) is 169 Å². The Kier molecular flexibility index (Phi) is 14.7. The Bertz CT molecular complexity index is 1710. The summed E-state index contributed by atoms with van der Waals surface area (Å²) in [7, 11) is 7.95. The van der Waals surface area contributed by atoms with E-state index in [1.807, 2.05) is 7.05 Å². The molecule has 62 heavy (non-hydrogen) atoms. The fourth-order valence-electron chi connectivity index (χ4n) is 14.6. The van der Waals surface area contributed by atoms with Crippen LogP contribution in [0, 0.1) is 28.6 Å². The normalized spacial score (nSPS) is 41.5. The van der Waals surface area contributed by atoms with Crippen molar-refractivity contribution < 1.29 is 58.4 Å². The van der Waals surface area contributed by atoms with Gasteiger partial charge < -0.3 is 53.7 Å². The number of carbonyl (C=O) groups excluding carboxylic acids is 2. The third kappa shape index (κ3) is 7.23. The highest BCUT2D eigenvalue weighted by Crippen LogP contribution is 2.81. The molecule has 13 heteroatoms. The van der Waals surface area contributed by atoms with E-state index in [4.69, 9.17) is 28.4 Å². The molecule has 1 aliphatic heterocycles. The van der Waals surface area contributed by atoms with E-state index in [0.29, 0.717) is 13.0 Å². The topological polar surface area (TPSA) is 174 Å². The summed E-state index contributed by atoms with van der Waals surface area (Å²) >= 11 is 0. The number of hydrogen-bond acceptors (Lipinski definition) is 13. The number of methoxy groups -OCH3 is 4. The molecule has 0 radical (unpaired) electrons. The number of nitrogens with zero attached hydrogens (tertiary/aromatic N) is 1. The average Bonchev–Trinajstić information content (AvgIpc) is 3.63. The summed E-state index contributed by atoms with van der Waals surface area (Å²) in [6.45, 7) is 2.71. The van der Waals surface area contributed by atoms with Crippen molar-refractivity contribution in [2.24, 2.45) is 28.6 Å². The smallest absolute Gasteiger partial charge is 0.338 e. The van der Waals surface area contributed by atoms with Gasteiger partial charge in [0.25, 0.3) is 0 Å². The van der Waals surface area contributed by atoms with Crippen LogP contribution in [0.2, 0.25) is 0 Å². The molecule has 1 spiro atoms. The molecule has 1 saturated heterocycles. The lowest BCUT2D eigenvalue weighted by Gasteiger charge is -2.72. The van der Waals surface area contributed by atoms with Crippen LogP contribution >= 0.6 is 0 Å². The van der Waals surface area contributed by atoms with Crippen molar-refractivity contribution in [3.05, 3.63) is 48.0 Å². The van der Waals surface area contributed by atoms with Crippen LogP contribution in [0.25, 0.3) is 0 Å². The Morgan fingerprint density at radius 2 is 1.47 bits per heavy atom. The second-order valence-electron chi connectivity index (χ2n) is 19.7. The number of aliphatic hydroxyl groups is 4. The van der Waals surface area contributed by atoms with E-state index < -0.39 is 106 Å². The summed E-state index contributed by atoms with van der Waals surface area (Å²) in [5.74, 6) is -4.20. The van der Waals surface area contributed by atoms with Crippen LogP contribution in [-0.4, -0.2) is 145 Å². The predicted molar refractivity (Wildman–Crippen MR) is 231 cm³/mol. The molecule has 6 aliphatic rings. The lowest BCUT2D eigenvalue weighted by atomic mass is 9.40. The van der Waals surface area contributed by atoms with Crippen molar-refractivity contribution in [3.63, 3.8) is 0 Å². The van der Waals surface area contributed by atoms with Gasteiger partial charge in [-0.05, 0) is 51.3 Å². The van der Waals surface area contributed by atoms with Crippen molar-refractivity contribution in [2.75, 3.05) is 48.6 Å². The highest BCUT2D eigenvalue weighted by atomic mass is 16.6. The van der Waals surface area contributed by atoms with Crippen LogP contribution in [0.5, 0.6) is 0 Å². The summed E-state index contributed by atoms with van der Waals surface area (Å²) in [5, 5.41) is 52.3. The molecule has 5 aliphatic carbocycles. The molecule has 5 saturated carbocycles. The first kappa shape index (κ1) is 47.5. The number of allylic oxidation sites excluding steroid dienone is 2. The van der Waals surface area contributed by atoms with Crippen molar-refractivity contribution in [1.29, 1.82) is 0 Å². The Hall–Kier alpha value is -2.46. The highest BCUT2D eigenvalue weighted by Gasteiger charge is 2.96. The number of aliphatic hydroxyl groups excluding tert-OH is 2. The number of fused-ring (bicyclic) bond motifs is 2. The minimum atomic E-state index is -2.13. The van der Waals surface area contributed by atoms with Crippen LogP contribution in [0.1, 0.15) is 120 Å². The van der Waals surface area contributed by atoms with E-state index in [9.17, 15) is 30.0 Å². The van der Waals surface area contributed by atoms with Gasteiger partial charge in [0.05, 0.1) is 42.0 Å². The van der Waals surface area contributed by atoms with Crippen LogP contribution in [0.15, 0.2) is 42.5 Å². The molecule has 0 aromatic heterocycles. The number of hydrogen-bond donors (Lipinski definition) is 4. The first-order chi connectivity index (χ1) is 29.8. The number of benzene rings is 1. The maximum atomic E-state index is 14.5. The first-order valence-electron chi connectivity index (χ1n) is 23.6. The van der Waals surface area contributed by atoms with E-state index in [0.717, 1.165) is 38.5 Å². The monoisotopic (exact) mass is 870 g/mol. The molecule has 7 bridgehead atoms. The van der Waals surface area contributed by atoms with Gasteiger partial charge in [0, 0.05) is 83.0 Å². The minimum Gasteiger partial charge on any atom is -0.455 e. The van der Waals surface area contributed by atoms with E-state index >= 15 is 0 Å². The maximum Gasteiger partial charge on any atom is 0.338 e. The van der Waals surface area contributed by atoms with Gasteiger partial charge in [-0.15, -0.1) is 0 Å². The predicted octanol–water partition coefficient (Wildman–Crippen LogP) is 5.39. The molecule has 4 N–H and O–H groups in total. The number of esters is 2. The average molecular weight is 870 g/mol. The standard InChI is InChI=1S/C49H75NO12/c1-7-8-9-10-11-12-13-14-15-16-17-18-19-20-24-27-35(52)62-49-36-37(59-5)38-45(31-57-3)30-50(2)40(36)48(38,34(58-4)28-33(45)51)47(56)29-46(55,43(60-6)41(49)53)42(39(47)49)61-44(54)32-25-22-21-23-26-32/h14-15,21-23,25-26,33-34,36-43,51,53,55-56H,7-13,16-20,24,27-31H2,1-6H3/b15-14-/t33-,34+,36+,37+,38-,39+,40?,41+,42-,43+,45+,46-,47+,48-,49+/m1/s1. The van der Waals surface area contributed by atoms with E-state index in [1.54, 1.807) is 51.7 Å². The minimum absolute atomic E-state index is 0.0562. The number of likely N-dealkylation sites (tertiary alicyclic amines) is 1. The SMILES string of the molecule is CCCCCCCC/C=C\CCCCCCCC(=O)O[C@@]12[C@@H]3C4N(C)C[C@]5(COC)[C@H](O)C[C@H](OC)[C@]4([C@@H]5[C@H]3OC)[C@]3(O)C[C@@](O)([C@H](OC(=O)c4ccccc4)[C@H]13)[C@@H](OC)[C@@H]2O. The zero-order chi connectivity index (χ0) is 44.5. The lowest BCUT2D eigenvalue weighted by Crippen LogP contribution is -2.85. The number of carbonyl (C=O) groups is 2. The number of ether oxygens (including phenoxy) is 6. The summed E-state index contributed by atoms with van der Waals surface area (Å²) < 4.78 is 38.0. The van der Waals surface area contributed by atoms with Crippen LogP contribution in [0.3, 0.4) is 0 Å². The Balaban J connectivity index is 1.20. The Morgan fingerprint density at radius 1 is 0.823 bits per heavy atom. The fourth-order valence-corrected chi connectivity index (χ4v) is 14.6. The molecule has 13 nitrogen and oxygen atoms in total. The van der Waals surface area contributed by atoms with Gasteiger partial charge in [0.2, 0.25) is 0 Å². The van der Waals surface area contributed by atoms with Crippen molar-refractivity contribution in [3.8, 4) is 0 Å². The molecular formula is C49H75NO12. The molecule has 6 fully saturated rings. The number of unbranched alkanes of at least 4 members (excludes halogenated alkanes) is 11. The zero-order valence-electron chi connectivity index (χ0n) is 38.0. The highest BCUT2D eigenvalue weighted by molar-refractivity contribution is 5.89. The van der Waals surface area contributed by atoms with E-state index in [1.165, 1.54) is 45.6 Å². The van der Waals surface area contributed by atoms with Gasteiger partial charge in [0.15, 0.2) is 5.60 Å². The number of rotatable bonds is 23. The molecule has 348 valence electrons.